The van der Waals surface area contributed by atoms with Crippen molar-refractivity contribution in [1.29, 1.82) is 0 Å². The molecule has 0 aliphatic heterocycles. The number of rotatable bonds is 5. The fraction of sp³-hybridized carbons (Fsp3) is 0.417. The Hall–Kier alpha value is -2.15. The van der Waals surface area contributed by atoms with E-state index in [4.69, 9.17) is 5.84 Å². The van der Waals surface area contributed by atoms with Crippen LogP contribution in [0.25, 0.3) is 0 Å². The van der Waals surface area contributed by atoms with E-state index >= 15 is 0 Å². The van der Waals surface area contributed by atoms with E-state index < -0.39 is 4.92 Å². The number of amides is 1. The fourth-order valence-electron chi connectivity index (χ4n) is 2.03. The summed E-state index contributed by atoms with van der Waals surface area (Å²) in [6.07, 6.45) is 2.22. The first-order chi connectivity index (χ1) is 9.04. The second kappa shape index (κ2) is 5.23. The third-order valence-corrected chi connectivity index (χ3v) is 3.32. The number of nitrogens with zero attached hydrogens (tertiary/aromatic N) is 1. The number of hydrogen-bond acceptors (Lipinski definition) is 5. The van der Waals surface area contributed by atoms with Gasteiger partial charge >= 0.3 is 0 Å². The van der Waals surface area contributed by atoms with Crippen molar-refractivity contribution in [2.24, 2.45) is 11.8 Å². The molecule has 0 radical (unpaired) electrons. The average molecular weight is 264 g/mol. The fourth-order valence-corrected chi connectivity index (χ4v) is 2.03. The lowest BCUT2D eigenvalue weighted by atomic mass is 10.1. The quantitative estimate of drug-likeness (QED) is 0.423. The van der Waals surface area contributed by atoms with Gasteiger partial charge in [-0.25, -0.2) is 0 Å². The van der Waals surface area contributed by atoms with Crippen molar-refractivity contribution in [1.82, 2.24) is 5.32 Å². The van der Waals surface area contributed by atoms with Crippen molar-refractivity contribution in [2.75, 3.05) is 5.43 Å². The number of para-hydroxylation sites is 1. The maximum atomic E-state index is 12.1. The first-order valence-corrected chi connectivity index (χ1v) is 6.09. The summed E-state index contributed by atoms with van der Waals surface area (Å²) in [5.41, 5.74) is 2.25. The molecule has 0 aromatic heterocycles. The van der Waals surface area contributed by atoms with Gasteiger partial charge in [0.05, 0.1) is 10.5 Å². The van der Waals surface area contributed by atoms with Gasteiger partial charge in [-0.15, -0.1) is 0 Å². The topological polar surface area (TPSA) is 110 Å². The Kier molecular flexibility index (Phi) is 3.66. The minimum Gasteiger partial charge on any atom is -0.349 e. The molecule has 7 nitrogen and oxygen atoms in total. The van der Waals surface area contributed by atoms with Gasteiger partial charge < -0.3 is 10.7 Å². The molecule has 1 aromatic rings. The van der Waals surface area contributed by atoms with E-state index in [1.807, 2.05) is 6.92 Å². The summed E-state index contributed by atoms with van der Waals surface area (Å²) >= 11 is 0. The van der Waals surface area contributed by atoms with E-state index in [1.165, 1.54) is 18.2 Å². The Morgan fingerprint density at radius 2 is 2.21 bits per heavy atom. The van der Waals surface area contributed by atoms with E-state index in [9.17, 15) is 14.9 Å². The van der Waals surface area contributed by atoms with Crippen LogP contribution in [0, 0.1) is 16.0 Å². The van der Waals surface area contributed by atoms with Gasteiger partial charge in [0.25, 0.3) is 11.6 Å². The maximum Gasteiger partial charge on any atom is 0.294 e. The van der Waals surface area contributed by atoms with Crippen LogP contribution in [0.4, 0.5) is 11.4 Å². The maximum absolute atomic E-state index is 12.1. The second-order valence-electron chi connectivity index (χ2n) is 4.70. The molecule has 1 aliphatic carbocycles. The van der Waals surface area contributed by atoms with E-state index in [2.05, 4.69) is 10.7 Å². The minimum absolute atomic E-state index is 0.0352. The molecule has 1 fully saturated rings. The molecule has 1 unspecified atom stereocenters. The lowest BCUT2D eigenvalue weighted by molar-refractivity contribution is -0.384. The highest BCUT2D eigenvalue weighted by atomic mass is 16.6. The van der Waals surface area contributed by atoms with Crippen LogP contribution in [-0.2, 0) is 0 Å². The molecule has 19 heavy (non-hydrogen) atoms. The Morgan fingerprint density at radius 3 is 2.74 bits per heavy atom. The number of nitro groups is 1. The molecule has 1 saturated carbocycles. The highest BCUT2D eigenvalue weighted by Gasteiger charge is 2.30. The average Bonchev–Trinajstić information content (AvgIpc) is 3.21. The summed E-state index contributed by atoms with van der Waals surface area (Å²) in [6.45, 7) is 1.93. The molecular weight excluding hydrogens is 248 g/mol. The van der Waals surface area contributed by atoms with Crippen molar-refractivity contribution in [3.63, 3.8) is 0 Å². The van der Waals surface area contributed by atoms with Crippen LogP contribution in [0.1, 0.15) is 30.1 Å². The van der Waals surface area contributed by atoms with Gasteiger partial charge in [-0.05, 0) is 31.7 Å². The molecule has 0 bridgehead atoms. The van der Waals surface area contributed by atoms with Crippen LogP contribution in [0.15, 0.2) is 18.2 Å². The third kappa shape index (κ3) is 2.82. The van der Waals surface area contributed by atoms with Gasteiger partial charge in [-0.3, -0.25) is 20.8 Å². The van der Waals surface area contributed by atoms with E-state index in [1.54, 1.807) is 0 Å². The minimum atomic E-state index is -0.573. The van der Waals surface area contributed by atoms with Crippen LogP contribution < -0.4 is 16.6 Å². The first-order valence-electron chi connectivity index (χ1n) is 6.09. The van der Waals surface area contributed by atoms with Gasteiger partial charge in [-0.2, -0.15) is 0 Å². The molecule has 7 heteroatoms. The second-order valence-corrected chi connectivity index (χ2v) is 4.70. The summed E-state index contributed by atoms with van der Waals surface area (Å²) in [4.78, 5) is 22.4. The Bertz CT molecular complexity index is 514. The molecular formula is C12H16N4O3. The van der Waals surface area contributed by atoms with E-state index in [-0.39, 0.29) is 28.9 Å². The van der Waals surface area contributed by atoms with Crippen molar-refractivity contribution >= 4 is 17.3 Å². The number of anilines is 1. The summed E-state index contributed by atoms with van der Waals surface area (Å²) < 4.78 is 0. The van der Waals surface area contributed by atoms with Crippen molar-refractivity contribution in [2.45, 2.75) is 25.8 Å². The number of hydrazine groups is 1. The summed E-state index contributed by atoms with van der Waals surface area (Å²) in [6, 6.07) is 4.35. The monoisotopic (exact) mass is 264 g/mol. The van der Waals surface area contributed by atoms with Crippen LogP contribution in [0.2, 0.25) is 0 Å². The Balaban J connectivity index is 2.25. The van der Waals surface area contributed by atoms with Gasteiger partial charge in [0.1, 0.15) is 5.69 Å². The molecule has 0 heterocycles. The zero-order chi connectivity index (χ0) is 14.0. The molecule has 1 amide bonds. The number of hydrogen-bond donors (Lipinski definition) is 3. The molecule has 1 aromatic carbocycles. The largest absolute Gasteiger partial charge is 0.349 e. The molecule has 0 saturated heterocycles. The SMILES string of the molecule is CC(NC(=O)c1cccc([N+](=O)[O-])c1NN)C1CC1. The molecule has 4 N–H and O–H groups in total. The smallest absolute Gasteiger partial charge is 0.294 e. The van der Waals surface area contributed by atoms with Gasteiger partial charge in [0.2, 0.25) is 0 Å². The lowest BCUT2D eigenvalue weighted by Crippen LogP contribution is -2.34. The Labute approximate surface area is 110 Å². The zero-order valence-corrected chi connectivity index (χ0v) is 10.6. The summed E-state index contributed by atoms with van der Waals surface area (Å²) in [7, 11) is 0. The van der Waals surface area contributed by atoms with Crippen LogP contribution in [0.3, 0.4) is 0 Å². The molecule has 2 rings (SSSR count). The molecule has 1 aliphatic rings. The number of nitrogen functional groups attached to an aromatic ring is 1. The molecule has 1 atom stereocenters. The van der Waals surface area contributed by atoms with Crippen LogP contribution >= 0.6 is 0 Å². The number of nitrogens with one attached hydrogen (secondary N) is 2. The lowest BCUT2D eigenvalue weighted by Gasteiger charge is -2.14. The molecule has 0 spiro atoms. The highest BCUT2D eigenvalue weighted by molar-refractivity contribution is 6.01. The normalized spacial score (nSPS) is 15.7. The summed E-state index contributed by atoms with van der Waals surface area (Å²) in [5, 5.41) is 13.7. The van der Waals surface area contributed by atoms with Crippen molar-refractivity contribution < 1.29 is 9.72 Å². The van der Waals surface area contributed by atoms with Crippen LogP contribution in [0.5, 0.6) is 0 Å². The van der Waals surface area contributed by atoms with E-state index in [0.29, 0.717) is 5.92 Å². The Morgan fingerprint density at radius 1 is 1.53 bits per heavy atom. The number of carbonyl (C=O) groups excluding carboxylic acids is 1. The summed E-state index contributed by atoms with van der Waals surface area (Å²) in [5.74, 6) is 5.46. The third-order valence-electron chi connectivity index (χ3n) is 3.32. The highest BCUT2D eigenvalue weighted by Crippen LogP contribution is 2.33. The number of carbonyl (C=O) groups is 1. The predicted molar refractivity (Wildman–Crippen MR) is 70.6 cm³/mol. The van der Waals surface area contributed by atoms with Crippen molar-refractivity contribution in [3.05, 3.63) is 33.9 Å². The molecule has 102 valence electrons. The standard InChI is InChI=1S/C12H16N4O3/c1-7(8-5-6-8)14-12(17)9-3-2-4-10(16(18)19)11(9)15-13/h2-4,7-8,15H,5-6,13H2,1H3,(H,14,17). The van der Waals surface area contributed by atoms with Crippen molar-refractivity contribution in [3.8, 4) is 0 Å². The number of nitro benzene ring substituents is 1. The van der Waals surface area contributed by atoms with E-state index in [0.717, 1.165) is 12.8 Å². The van der Waals surface area contributed by atoms with Crippen LogP contribution in [-0.4, -0.2) is 16.9 Å². The first kappa shape index (κ1) is 13.3. The number of nitrogens with two attached hydrogens (primary N) is 1. The zero-order valence-electron chi connectivity index (χ0n) is 10.6. The predicted octanol–water partition coefficient (Wildman–Crippen LogP) is 1.41. The van der Waals surface area contributed by atoms with Gasteiger partial charge in [0, 0.05) is 12.1 Å². The number of benzene rings is 1. The van der Waals surface area contributed by atoms with Gasteiger partial charge in [-0.1, -0.05) is 6.07 Å². The van der Waals surface area contributed by atoms with Gasteiger partial charge in [0.15, 0.2) is 0 Å².